The zero-order chi connectivity index (χ0) is 10.3. The first kappa shape index (κ1) is 9.33. The van der Waals surface area contributed by atoms with Crippen LogP contribution in [0.4, 0.5) is 4.39 Å². The molecule has 0 saturated carbocycles. The van der Waals surface area contributed by atoms with Crippen molar-refractivity contribution in [2.45, 2.75) is 6.92 Å². The van der Waals surface area contributed by atoms with Crippen LogP contribution in [0.1, 0.15) is 5.89 Å². The maximum absolute atomic E-state index is 13.5. The van der Waals surface area contributed by atoms with Crippen LogP contribution in [0, 0.1) is 12.7 Å². The van der Waals surface area contributed by atoms with Crippen molar-refractivity contribution in [2.75, 3.05) is 0 Å². The van der Waals surface area contributed by atoms with Gasteiger partial charge in [0.15, 0.2) is 11.7 Å². The molecule has 1 aromatic carbocycles. The summed E-state index contributed by atoms with van der Waals surface area (Å²) in [6.45, 7) is 1.50. The molecule has 0 radical (unpaired) electrons. The molecule has 0 saturated heterocycles. The second-order valence-corrected chi connectivity index (χ2v) is 3.63. The predicted molar refractivity (Wildman–Crippen MR) is 52.7 cm³/mol. The molecule has 0 aliphatic rings. The van der Waals surface area contributed by atoms with Gasteiger partial charge in [0, 0.05) is 6.92 Å². The number of benzene rings is 1. The number of nitrogens with zero attached hydrogens (tertiary/aromatic N) is 1. The van der Waals surface area contributed by atoms with Gasteiger partial charge in [0.25, 0.3) is 0 Å². The van der Waals surface area contributed by atoms with Crippen LogP contribution < -0.4 is 5.63 Å². The normalized spacial score (nSPS) is 10.8. The van der Waals surface area contributed by atoms with E-state index in [1.807, 2.05) is 0 Å². The first-order valence-corrected chi connectivity index (χ1v) is 4.64. The Bertz CT molecular complexity index is 564. The van der Waals surface area contributed by atoms with Crippen molar-refractivity contribution in [3.8, 4) is 0 Å². The molecule has 0 aliphatic carbocycles. The predicted octanol–water partition coefficient (Wildman–Crippen LogP) is 2.40. The van der Waals surface area contributed by atoms with Crippen LogP contribution in [-0.4, -0.2) is 4.98 Å². The number of hydrogen-bond acceptors (Lipinski definition) is 3. The van der Waals surface area contributed by atoms with Gasteiger partial charge in [-0.25, -0.2) is 14.2 Å². The van der Waals surface area contributed by atoms with Crippen molar-refractivity contribution in [1.29, 1.82) is 0 Å². The van der Waals surface area contributed by atoms with Crippen LogP contribution >= 0.6 is 15.9 Å². The fourth-order valence-corrected chi connectivity index (χ4v) is 1.50. The number of aryl methyl sites for hydroxylation is 1. The van der Waals surface area contributed by atoms with E-state index in [9.17, 15) is 9.18 Å². The van der Waals surface area contributed by atoms with Crippen LogP contribution in [0.5, 0.6) is 0 Å². The molecular formula is C9H5BrFNO2. The van der Waals surface area contributed by atoms with Gasteiger partial charge in [0.1, 0.15) is 5.52 Å². The van der Waals surface area contributed by atoms with Crippen molar-refractivity contribution in [3.05, 3.63) is 38.7 Å². The molecular weight excluding hydrogens is 253 g/mol. The Kier molecular flexibility index (Phi) is 2.11. The molecule has 0 fully saturated rings. The van der Waals surface area contributed by atoms with E-state index in [4.69, 9.17) is 4.42 Å². The highest BCUT2D eigenvalue weighted by atomic mass is 79.9. The zero-order valence-electron chi connectivity index (χ0n) is 7.17. The topological polar surface area (TPSA) is 43.1 Å². The SMILES string of the molecule is Cc1nc2c(F)c(Br)ccc2c(=O)o1. The van der Waals surface area contributed by atoms with E-state index in [1.165, 1.54) is 19.1 Å². The largest absolute Gasteiger partial charge is 0.408 e. The third-order valence-electron chi connectivity index (χ3n) is 1.80. The molecule has 0 bridgehead atoms. The minimum atomic E-state index is -0.570. The van der Waals surface area contributed by atoms with Crippen LogP contribution in [0.3, 0.4) is 0 Å². The Balaban J connectivity index is 3.03. The van der Waals surface area contributed by atoms with Crippen LogP contribution in [0.2, 0.25) is 0 Å². The van der Waals surface area contributed by atoms with Crippen molar-refractivity contribution in [3.63, 3.8) is 0 Å². The summed E-state index contributed by atoms with van der Waals surface area (Å²) >= 11 is 3.02. The fraction of sp³-hybridized carbons (Fsp3) is 0.111. The molecule has 0 N–H and O–H groups in total. The van der Waals surface area contributed by atoms with Crippen LogP contribution in [0.15, 0.2) is 25.8 Å². The highest BCUT2D eigenvalue weighted by Crippen LogP contribution is 2.21. The molecule has 3 nitrogen and oxygen atoms in total. The third-order valence-corrected chi connectivity index (χ3v) is 2.41. The molecule has 0 spiro atoms. The Morgan fingerprint density at radius 2 is 2.21 bits per heavy atom. The lowest BCUT2D eigenvalue weighted by atomic mass is 10.2. The molecule has 1 aromatic heterocycles. The Hall–Kier alpha value is -1.23. The van der Waals surface area contributed by atoms with E-state index < -0.39 is 11.4 Å². The third kappa shape index (κ3) is 1.33. The summed E-state index contributed by atoms with van der Waals surface area (Å²) in [5.74, 6) is -0.391. The number of rotatable bonds is 0. The summed E-state index contributed by atoms with van der Waals surface area (Å²) in [6.07, 6.45) is 0. The van der Waals surface area contributed by atoms with Crippen molar-refractivity contribution in [1.82, 2.24) is 4.98 Å². The average molecular weight is 258 g/mol. The molecule has 5 heteroatoms. The van der Waals surface area contributed by atoms with E-state index >= 15 is 0 Å². The highest BCUT2D eigenvalue weighted by molar-refractivity contribution is 9.10. The minimum absolute atomic E-state index is 0.0353. The average Bonchev–Trinajstić information content (AvgIpc) is 2.12. The minimum Gasteiger partial charge on any atom is -0.408 e. The summed E-state index contributed by atoms with van der Waals surface area (Å²) in [4.78, 5) is 15.1. The van der Waals surface area contributed by atoms with Crippen molar-refractivity contribution < 1.29 is 8.81 Å². The van der Waals surface area contributed by atoms with E-state index in [0.29, 0.717) is 0 Å². The monoisotopic (exact) mass is 257 g/mol. The van der Waals surface area contributed by atoms with Gasteiger partial charge < -0.3 is 4.42 Å². The van der Waals surface area contributed by atoms with Gasteiger partial charge in [-0.2, -0.15) is 0 Å². The van der Waals surface area contributed by atoms with Gasteiger partial charge in [-0.05, 0) is 28.1 Å². The van der Waals surface area contributed by atoms with Gasteiger partial charge in [-0.15, -0.1) is 0 Å². The van der Waals surface area contributed by atoms with Gasteiger partial charge >= 0.3 is 5.63 Å². The molecule has 72 valence electrons. The number of hydrogen-bond donors (Lipinski definition) is 0. The molecule has 0 amide bonds. The highest BCUT2D eigenvalue weighted by Gasteiger charge is 2.10. The van der Waals surface area contributed by atoms with Crippen LogP contribution in [-0.2, 0) is 0 Å². The maximum Gasteiger partial charge on any atom is 0.346 e. The molecule has 2 rings (SSSR count). The Labute approximate surface area is 86.7 Å². The summed E-state index contributed by atoms with van der Waals surface area (Å²) in [5.41, 5.74) is -0.535. The summed E-state index contributed by atoms with van der Waals surface area (Å²) in [7, 11) is 0. The maximum atomic E-state index is 13.5. The zero-order valence-corrected chi connectivity index (χ0v) is 8.76. The van der Waals surface area contributed by atoms with E-state index in [1.54, 1.807) is 0 Å². The quantitative estimate of drug-likeness (QED) is 0.728. The van der Waals surface area contributed by atoms with E-state index in [2.05, 4.69) is 20.9 Å². The molecule has 0 unspecified atom stereocenters. The van der Waals surface area contributed by atoms with Gasteiger partial charge in [0.2, 0.25) is 0 Å². The number of aromatic nitrogens is 1. The molecule has 0 atom stereocenters. The second kappa shape index (κ2) is 3.16. The Morgan fingerprint density at radius 3 is 2.93 bits per heavy atom. The summed E-state index contributed by atoms with van der Waals surface area (Å²) in [5, 5.41) is 0.149. The summed E-state index contributed by atoms with van der Waals surface area (Å²) in [6, 6.07) is 2.92. The van der Waals surface area contributed by atoms with Gasteiger partial charge in [-0.3, -0.25) is 0 Å². The molecule has 1 heterocycles. The molecule has 0 aliphatic heterocycles. The van der Waals surface area contributed by atoms with E-state index in [-0.39, 0.29) is 21.3 Å². The second-order valence-electron chi connectivity index (χ2n) is 2.78. The standard InChI is InChI=1S/C9H5BrFNO2/c1-4-12-8-5(9(13)14-4)2-3-6(10)7(8)11/h2-3H,1H3. The smallest absolute Gasteiger partial charge is 0.346 e. The molecule has 14 heavy (non-hydrogen) atoms. The fourth-order valence-electron chi connectivity index (χ4n) is 1.18. The lowest BCUT2D eigenvalue weighted by Crippen LogP contribution is -2.04. The first-order chi connectivity index (χ1) is 6.59. The Morgan fingerprint density at radius 1 is 1.50 bits per heavy atom. The number of fused-ring (bicyclic) bond motifs is 1. The molecule has 2 aromatic rings. The lowest BCUT2D eigenvalue weighted by Gasteiger charge is -1.99. The number of halogens is 2. The van der Waals surface area contributed by atoms with Crippen molar-refractivity contribution >= 4 is 26.8 Å². The van der Waals surface area contributed by atoms with E-state index in [0.717, 1.165) is 0 Å². The first-order valence-electron chi connectivity index (χ1n) is 3.85. The van der Waals surface area contributed by atoms with Crippen LogP contribution in [0.25, 0.3) is 10.9 Å². The van der Waals surface area contributed by atoms with Gasteiger partial charge in [0.05, 0.1) is 9.86 Å². The summed E-state index contributed by atoms with van der Waals surface area (Å²) < 4.78 is 18.5. The van der Waals surface area contributed by atoms with Crippen molar-refractivity contribution in [2.24, 2.45) is 0 Å². The lowest BCUT2D eigenvalue weighted by molar-refractivity contribution is 0.465. The van der Waals surface area contributed by atoms with Gasteiger partial charge in [-0.1, -0.05) is 0 Å².